The number of halogens is 2. The molecule has 0 spiro atoms. The third-order valence-electron chi connectivity index (χ3n) is 3.85. The van der Waals surface area contributed by atoms with Crippen LogP contribution in [0.3, 0.4) is 0 Å². The molecule has 24 heavy (non-hydrogen) atoms. The Hall–Kier alpha value is -1.56. The average Bonchev–Trinajstić information content (AvgIpc) is 2.76. The van der Waals surface area contributed by atoms with Crippen molar-refractivity contribution >= 4 is 29.1 Å². The van der Waals surface area contributed by atoms with Gasteiger partial charge in [-0.3, -0.25) is 9.69 Å². The van der Waals surface area contributed by atoms with Gasteiger partial charge in [-0.05, 0) is 58.6 Å². The zero-order valence-electron chi connectivity index (χ0n) is 14.4. The molecule has 0 radical (unpaired) electrons. The molecule has 2 rings (SSSR count). The van der Waals surface area contributed by atoms with Crippen LogP contribution in [-0.2, 0) is 4.79 Å². The molecular formula is C17H21Cl2N3O2. The SMILES string of the molecule is Cc1noc(C)c1[C@@H](C)NC(=O)[C@H](c1cc(Cl)cc(Cl)c1)N(C)C. The first-order valence-corrected chi connectivity index (χ1v) is 8.32. The molecule has 0 fully saturated rings. The maximum Gasteiger partial charge on any atom is 0.242 e. The summed E-state index contributed by atoms with van der Waals surface area (Å²) in [7, 11) is 3.67. The van der Waals surface area contributed by atoms with Gasteiger partial charge in [0, 0.05) is 15.6 Å². The number of rotatable bonds is 5. The van der Waals surface area contributed by atoms with Crippen LogP contribution in [0.1, 0.15) is 41.6 Å². The first-order chi connectivity index (χ1) is 11.2. The number of hydrogen-bond donors (Lipinski definition) is 1. The lowest BCUT2D eigenvalue weighted by atomic mass is 10.0. The second kappa shape index (κ2) is 7.55. The van der Waals surface area contributed by atoms with Crippen molar-refractivity contribution in [2.45, 2.75) is 32.9 Å². The van der Waals surface area contributed by atoms with Crippen LogP contribution in [0.2, 0.25) is 10.0 Å². The lowest BCUT2D eigenvalue weighted by Gasteiger charge is -2.26. The van der Waals surface area contributed by atoms with Crippen molar-refractivity contribution in [3.05, 3.63) is 50.8 Å². The highest BCUT2D eigenvalue weighted by Gasteiger charge is 2.27. The van der Waals surface area contributed by atoms with E-state index in [0.717, 1.165) is 16.8 Å². The maximum atomic E-state index is 12.8. The number of nitrogens with zero attached hydrogens (tertiary/aromatic N) is 2. The number of nitrogens with one attached hydrogen (secondary N) is 1. The number of aromatic nitrogens is 1. The molecular weight excluding hydrogens is 349 g/mol. The van der Waals surface area contributed by atoms with Crippen molar-refractivity contribution < 1.29 is 9.32 Å². The van der Waals surface area contributed by atoms with Crippen LogP contribution in [0.25, 0.3) is 0 Å². The van der Waals surface area contributed by atoms with E-state index in [1.807, 2.05) is 39.8 Å². The van der Waals surface area contributed by atoms with Crippen molar-refractivity contribution in [3.8, 4) is 0 Å². The smallest absolute Gasteiger partial charge is 0.242 e. The van der Waals surface area contributed by atoms with Gasteiger partial charge in [0.15, 0.2) is 0 Å². The van der Waals surface area contributed by atoms with Crippen LogP contribution in [0.5, 0.6) is 0 Å². The van der Waals surface area contributed by atoms with Crippen molar-refractivity contribution in [3.63, 3.8) is 0 Å². The number of aryl methyl sites for hydroxylation is 2. The van der Waals surface area contributed by atoms with E-state index in [1.165, 1.54) is 0 Å². The molecule has 0 unspecified atom stereocenters. The predicted octanol–water partition coefficient (Wildman–Crippen LogP) is 4.08. The molecule has 2 atom stereocenters. The van der Waals surface area contributed by atoms with Crippen molar-refractivity contribution in [1.82, 2.24) is 15.4 Å². The zero-order chi connectivity index (χ0) is 18.0. The minimum atomic E-state index is -0.510. The Labute approximate surface area is 151 Å². The topological polar surface area (TPSA) is 58.4 Å². The van der Waals surface area contributed by atoms with E-state index in [4.69, 9.17) is 27.7 Å². The summed E-state index contributed by atoms with van der Waals surface area (Å²) in [5, 5.41) is 7.94. The molecule has 0 saturated heterocycles. The van der Waals surface area contributed by atoms with Gasteiger partial charge in [0.05, 0.1) is 11.7 Å². The third-order valence-corrected chi connectivity index (χ3v) is 4.28. The van der Waals surface area contributed by atoms with Crippen LogP contribution in [0.15, 0.2) is 22.7 Å². The Morgan fingerprint density at radius 1 is 1.21 bits per heavy atom. The standard InChI is InChI=1S/C17H21Cl2N3O2/c1-9(15-10(2)21-24-11(15)3)20-17(23)16(22(4)5)12-6-13(18)8-14(19)7-12/h6-9,16H,1-5H3,(H,20,23)/t9-,16+/m1/s1. The monoisotopic (exact) mass is 369 g/mol. The summed E-state index contributed by atoms with van der Waals surface area (Å²) < 4.78 is 5.18. The van der Waals surface area contributed by atoms with E-state index in [-0.39, 0.29) is 11.9 Å². The molecule has 0 aliphatic heterocycles. The predicted molar refractivity (Wildman–Crippen MR) is 95.4 cm³/mol. The first kappa shape index (κ1) is 18.8. The minimum Gasteiger partial charge on any atom is -0.361 e. The van der Waals surface area contributed by atoms with Gasteiger partial charge in [-0.15, -0.1) is 0 Å². The summed E-state index contributed by atoms with van der Waals surface area (Å²) in [5.74, 6) is 0.554. The summed E-state index contributed by atoms with van der Waals surface area (Å²) >= 11 is 12.2. The molecule has 1 amide bonds. The Morgan fingerprint density at radius 3 is 2.25 bits per heavy atom. The van der Waals surface area contributed by atoms with Crippen molar-refractivity contribution in [2.24, 2.45) is 0 Å². The Balaban J connectivity index is 2.27. The summed E-state index contributed by atoms with van der Waals surface area (Å²) in [6, 6.07) is 4.41. The van der Waals surface area contributed by atoms with Gasteiger partial charge < -0.3 is 9.84 Å². The number of carbonyl (C=O) groups excluding carboxylic acids is 1. The van der Waals surface area contributed by atoms with Crippen LogP contribution in [-0.4, -0.2) is 30.1 Å². The molecule has 0 saturated carbocycles. The fourth-order valence-corrected chi connectivity index (χ4v) is 3.43. The lowest BCUT2D eigenvalue weighted by Crippen LogP contribution is -2.38. The number of amides is 1. The number of hydrogen-bond acceptors (Lipinski definition) is 4. The Morgan fingerprint density at radius 2 is 1.79 bits per heavy atom. The average molecular weight is 370 g/mol. The molecule has 130 valence electrons. The van der Waals surface area contributed by atoms with E-state index in [0.29, 0.717) is 15.8 Å². The van der Waals surface area contributed by atoms with Crippen molar-refractivity contribution in [2.75, 3.05) is 14.1 Å². The fourth-order valence-electron chi connectivity index (χ4n) is 2.89. The summed E-state index contributed by atoms with van der Waals surface area (Å²) in [5.41, 5.74) is 2.40. The summed E-state index contributed by atoms with van der Waals surface area (Å²) in [6.45, 7) is 5.59. The number of benzene rings is 1. The highest BCUT2D eigenvalue weighted by molar-refractivity contribution is 6.34. The Kier molecular flexibility index (Phi) is 5.91. The number of carbonyl (C=O) groups is 1. The van der Waals surface area contributed by atoms with Gasteiger partial charge >= 0.3 is 0 Å². The van der Waals surface area contributed by atoms with E-state index >= 15 is 0 Å². The van der Waals surface area contributed by atoms with Crippen LogP contribution < -0.4 is 5.32 Å². The summed E-state index contributed by atoms with van der Waals surface area (Å²) in [4.78, 5) is 14.7. The van der Waals surface area contributed by atoms with E-state index in [1.54, 1.807) is 18.2 Å². The minimum absolute atomic E-state index is 0.147. The molecule has 1 aromatic carbocycles. The normalized spacial score (nSPS) is 13.8. The largest absolute Gasteiger partial charge is 0.361 e. The van der Waals surface area contributed by atoms with Crippen LogP contribution in [0, 0.1) is 13.8 Å². The zero-order valence-corrected chi connectivity index (χ0v) is 15.9. The third kappa shape index (κ3) is 4.09. The molecule has 0 bridgehead atoms. The van der Waals surface area contributed by atoms with Gasteiger partial charge in [-0.2, -0.15) is 0 Å². The van der Waals surface area contributed by atoms with Gasteiger partial charge in [0.1, 0.15) is 11.8 Å². The van der Waals surface area contributed by atoms with Crippen LogP contribution in [0.4, 0.5) is 0 Å². The van der Waals surface area contributed by atoms with Gasteiger partial charge in [-0.25, -0.2) is 0 Å². The van der Waals surface area contributed by atoms with E-state index < -0.39 is 6.04 Å². The fraction of sp³-hybridized carbons (Fsp3) is 0.412. The van der Waals surface area contributed by atoms with E-state index in [2.05, 4.69) is 10.5 Å². The van der Waals surface area contributed by atoms with Crippen LogP contribution >= 0.6 is 23.2 Å². The molecule has 1 heterocycles. The molecule has 2 aromatic rings. The second-order valence-corrected chi connectivity index (χ2v) is 6.91. The molecule has 7 heteroatoms. The highest BCUT2D eigenvalue weighted by Crippen LogP contribution is 2.28. The van der Waals surface area contributed by atoms with E-state index in [9.17, 15) is 4.79 Å². The summed E-state index contributed by atoms with van der Waals surface area (Å²) in [6.07, 6.45) is 0. The Bertz CT molecular complexity index is 704. The lowest BCUT2D eigenvalue weighted by molar-refractivity contribution is -0.126. The molecule has 5 nitrogen and oxygen atoms in total. The second-order valence-electron chi connectivity index (χ2n) is 6.04. The van der Waals surface area contributed by atoms with Gasteiger partial charge in [0.25, 0.3) is 0 Å². The quantitative estimate of drug-likeness (QED) is 0.862. The van der Waals surface area contributed by atoms with Crippen molar-refractivity contribution in [1.29, 1.82) is 0 Å². The molecule has 1 aromatic heterocycles. The molecule has 0 aliphatic rings. The maximum absolute atomic E-state index is 12.8. The number of likely N-dealkylation sites (N-methyl/N-ethyl adjacent to an activating group) is 1. The van der Waals surface area contributed by atoms with Gasteiger partial charge in [0.2, 0.25) is 5.91 Å². The molecule has 1 N–H and O–H groups in total. The van der Waals surface area contributed by atoms with Gasteiger partial charge in [-0.1, -0.05) is 28.4 Å². The molecule has 0 aliphatic carbocycles. The first-order valence-electron chi connectivity index (χ1n) is 7.56. The highest BCUT2D eigenvalue weighted by atomic mass is 35.5.